The zero-order chi connectivity index (χ0) is 17.1. The number of aromatic nitrogens is 2. The topological polar surface area (TPSA) is 50.2 Å². The fourth-order valence-electron chi connectivity index (χ4n) is 3.69. The van der Waals surface area contributed by atoms with Crippen LogP contribution >= 0.6 is 24.8 Å². The van der Waals surface area contributed by atoms with E-state index >= 15 is 0 Å². The van der Waals surface area contributed by atoms with Crippen molar-refractivity contribution in [2.24, 2.45) is 5.92 Å². The molecule has 26 heavy (non-hydrogen) atoms. The van der Waals surface area contributed by atoms with Crippen LogP contribution in [0.15, 0.2) is 30.5 Å². The average Bonchev–Trinajstić information content (AvgIpc) is 2.90. The van der Waals surface area contributed by atoms with Crippen molar-refractivity contribution < 1.29 is 4.79 Å². The number of nitrogens with zero attached hydrogens (tertiary/aromatic N) is 3. The van der Waals surface area contributed by atoms with Gasteiger partial charge in [0.1, 0.15) is 5.82 Å². The van der Waals surface area contributed by atoms with Gasteiger partial charge in [0.05, 0.1) is 5.56 Å². The zero-order valence-corrected chi connectivity index (χ0v) is 17.2. The second kappa shape index (κ2) is 9.95. The van der Waals surface area contributed by atoms with Gasteiger partial charge in [-0.25, -0.2) is 4.98 Å². The third-order valence-electron chi connectivity index (χ3n) is 4.84. The number of likely N-dealkylation sites (tertiary alicyclic amines) is 1. The highest BCUT2D eigenvalue weighted by atomic mass is 35.5. The van der Waals surface area contributed by atoms with Crippen LogP contribution in [-0.4, -0.2) is 47.0 Å². The third kappa shape index (κ3) is 4.58. The number of piperidine rings is 1. The maximum atomic E-state index is 13.0. The fourth-order valence-corrected chi connectivity index (χ4v) is 3.69. The van der Waals surface area contributed by atoms with Crippen molar-refractivity contribution in [3.63, 3.8) is 0 Å². The van der Waals surface area contributed by atoms with E-state index in [0.29, 0.717) is 5.92 Å². The van der Waals surface area contributed by atoms with E-state index < -0.39 is 0 Å². The van der Waals surface area contributed by atoms with Gasteiger partial charge in [-0.2, -0.15) is 0 Å². The van der Waals surface area contributed by atoms with Crippen molar-refractivity contribution in [2.45, 2.75) is 26.7 Å². The Morgan fingerprint density at radius 1 is 1.31 bits per heavy atom. The summed E-state index contributed by atoms with van der Waals surface area (Å²) in [7, 11) is 1.97. The van der Waals surface area contributed by atoms with Gasteiger partial charge in [-0.15, -0.1) is 24.8 Å². The molecule has 3 heterocycles. The van der Waals surface area contributed by atoms with Crippen molar-refractivity contribution in [3.8, 4) is 5.82 Å². The number of aryl methyl sites for hydroxylation is 1. The molecule has 0 radical (unpaired) electrons. The Morgan fingerprint density at radius 2 is 2.08 bits per heavy atom. The molecule has 1 atom stereocenters. The molecule has 1 unspecified atom stereocenters. The second-order valence-corrected chi connectivity index (χ2v) is 6.63. The number of nitrogens with one attached hydrogen (secondary N) is 1. The maximum Gasteiger partial charge on any atom is 0.255 e. The number of rotatable bonds is 4. The number of halogens is 2. The van der Waals surface area contributed by atoms with Crippen LogP contribution in [0.5, 0.6) is 0 Å². The monoisotopic (exact) mass is 398 g/mol. The normalized spacial score (nSPS) is 16.6. The Kier molecular flexibility index (Phi) is 8.60. The molecule has 0 saturated carbocycles. The van der Waals surface area contributed by atoms with Crippen LogP contribution in [-0.2, 0) is 0 Å². The minimum Gasteiger partial charge on any atom is -0.338 e. The zero-order valence-electron chi connectivity index (χ0n) is 15.6. The number of pyridine rings is 1. The highest BCUT2D eigenvalue weighted by Crippen LogP contribution is 2.23. The molecule has 144 valence electrons. The number of carbonyl (C=O) groups excluding carboxylic acids is 1. The first-order chi connectivity index (χ1) is 11.6. The summed E-state index contributed by atoms with van der Waals surface area (Å²) in [6, 6.07) is 7.83. The molecule has 5 nitrogen and oxygen atoms in total. The molecule has 0 spiro atoms. The average molecular weight is 399 g/mol. The molecule has 1 N–H and O–H groups in total. The summed E-state index contributed by atoms with van der Waals surface area (Å²) in [6.45, 7) is 6.69. The van der Waals surface area contributed by atoms with E-state index in [9.17, 15) is 4.79 Å². The van der Waals surface area contributed by atoms with Crippen LogP contribution in [0.2, 0.25) is 0 Å². The molecule has 0 aromatic carbocycles. The van der Waals surface area contributed by atoms with Crippen LogP contribution in [0, 0.1) is 19.8 Å². The van der Waals surface area contributed by atoms with Gasteiger partial charge in [0, 0.05) is 30.7 Å². The Bertz CT molecular complexity index is 716. The molecule has 1 aliphatic rings. The SMILES string of the molecule is CNCC1CCCN(C(=O)c2cc(C)n(-c3ccccn3)c2C)C1.Cl.Cl. The quantitative estimate of drug-likeness (QED) is 0.858. The lowest BCUT2D eigenvalue weighted by atomic mass is 9.97. The predicted molar refractivity (Wildman–Crippen MR) is 110 cm³/mol. The molecule has 2 aromatic rings. The highest BCUT2D eigenvalue weighted by Gasteiger charge is 2.26. The standard InChI is InChI=1S/C19H26N4O.2ClH/c1-14-11-17(15(2)23(14)18-8-4-5-9-21-18)19(24)22-10-6-7-16(13-22)12-20-3;;/h4-5,8-9,11,16,20H,6-7,10,12-13H2,1-3H3;2*1H. The lowest BCUT2D eigenvalue weighted by Crippen LogP contribution is -2.42. The van der Waals surface area contributed by atoms with Gasteiger partial charge in [0.25, 0.3) is 5.91 Å². The Hall–Kier alpha value is -1.56. The van der Waals surface area contributed by atoms with E-state index in [4.69, 9.17) is 0 Å². The summed E-state index contributed by atoms with van der Waals surface area (Å²) in [6.07, 6.45) is 4.05. The van der Waals surface area contributed by atoms with E-state index in [-0.39, 0.29) is 30.7 Å². The van der Waals surface area contributed by atoms with Crippen molar-refractivity contribution in [1.82, 2.24) is 19.8 Å². The highest BCUT2D eigenvalue weighted by molar-refractivity contribution is 5.96. The molecule has 3 rings (SSSR count). The van der Waals surface area contributed by atoms with Gasteiger partial charge in [0.15, 0.2) is 0 Å². The number of carbonyl (C=O) groups is 1. The lowest BCUT2D eigenvalue weighted by Gasteiger charge is -2.32. The molecule has 1 saturated heterocycles. The van der Waals surface area contributed by atoms with Gasteiger partial charge in [0.2, 0.25) is 0 Å². The first kappa shape index (κ1) is 22.5. The first-order valence-corrected chi connectivity index (χ1v) is 8.66. The van der Waals surface area contributed by atoms with E-state index in [2.05, 4.69) is 14.9 Å². The smallest absolute Gasteiger partial charge is 0.255 e. The minimum absolute atomic E-state index is 0. The third-order valence-corrected chi connectivity index (χ3v) is 4.84. The summed E-state index contributed by atoms with van der Waals surface area (Å²) < 4.78 is 2.06. The summed E-state index contributed by atoms with van der Waals surface area (Å²) in [5, 5.41) is 3.23. The molecule has 2 aromatic heterocycles. The Morgan fingerprint density at radius 3 is 2.73 bits per heavy atom. The van der Waals surface area contributed by atoms with Gasteiger partial charge >= 0.3 is 0 Å². The molecular formula is C19H28Cl2N4O. The van der Waals surface area contributed by atoms with Crippen molar-refractivity contribution in [1.29, 1.82) is 0 Å². The van der Waals surface area contributed by atoms with Crippen LogP contribution in [0.3, 0.4) is 0 Å². The molecule has 0 bridgehead atoms. The van der Waals surface area contributed by atoms with E-state index in [1.54, 1.807) is 6.20 Å². The van der Waals surface area contributed by atoms with Crippen LogP contribution < -0.4 is 5.32 Å². The van der Waals surface area contributed by atoms with E-state index in [1.165, 1.54) is 6.42 Å². The van der Waals surface area contributed by atoms with E-state index in [0.717, 1.165) is 48.8 Å². The molecular weight excluding hydrogens is 371 g/mol. The summed E-state index contributed by atoms with van der Waals surface area (Å²) in [5.41, 5.74) is 2.80. The van der Waals surface area contributed by atoms with Gasteiger partial charge in [-0.3, -0.25) is 4.79 Å². The van der Waals surface area contributed by atoms with Gasteiger partial charge in [-0.05, 0) is 64.4 Å². The molecule has 7 heteroatoms. The second-order valence-electron chi connectivity index (χ2n) is 6.63. The molecule has 1 aliphatic heterocycles. The number of amides is 1. The van der Waals surface area contributed by atoms with Crippen molar-refractivity contribution in [2.75, 3.05) is 26.7 Å². The molecule has 1 amide bonds. The molecule has 1 fully saturated rings. The largest absolute Gasteiger partial charge is 0.338 e. The van der Waals surface area contributed by atoms with E-state index in [1.807, 2.05) is 50.1 Å². The Balaban J connectivity index is 0.00000169. The molecule has 0 aliphatic carbocycles. The summed E-state index contributed by atoms with van der Waals surface area (Å²) >= 11 is 0. The summed E-state index contributed by atoms with van der Waals surface area (Å²) in [4.78, 5) is 19.5. The number of hydrogen-bond acceptors (Lipinski definition) is 3. The van der Waals surface area contributed by atoms with Crippen LogP contribution in [0.25, 0.3) is 5.82 Å². The first-order valence-electron chi connectivity index (χ1n) is 8.66. The van der Waals surface area contributed by atoms with Crippen molar-refractivity contribution >= 4 is 30.7 Å². The summed E-state index contributed by atoms with van der Waals surface area (Å²) in [5.74, 6) is 1.55. The van der Waals surface area contributed by atoms with Crippen LogP contribution in [0.1, 0.15) is 34.6 Å². The van der Waals surface area contributed by atoms with Gasteiger partial charge in [-0.1, -0.05) is 6.07 Å². The van der Waals surface area contributed by atoms with Crippen molar-refractivity contribution in [3.05, 3.63) is 47.4 Å². The van der Waals surface area contributed by atoms with Gasteiger partial charge < -0.3 is 14.8 Å². The Labute approximate surface area is 168 Å². The number of hydrogen-bond donors (Lipinski definition) is 1. The maximum absolute atomic E-state index is 13.0. The van der Waals surface area contributed by atoms with Crippen LogP contribution in [0.4, 0.5) is 0 Å². The fraction of sp³-hybridized carbons (Fsp3) is 0.474. The minimum atomic E-state index is 0. The predicted octanol–water partition coefficient (Wildman–Crippen LogP) is 3.40. The lowest BCUT2D eigenvalue weighted by molar-refractivity contribution is 0.0673.